The normalized spacial score (nSPS) is 13.5. The fourth-order valence-corrected chi connectivity index (χ4v) is 2.75. The van der Waals surface area contributed by atoms with Gasteiger partial charge in [0.15, 0.2) is 0 Å². The van der Waals surface area contributed by atoms with E-state index in [1.807, 2.05) is 24.6 Å². The van der Waals surface area contributed by atoms with Crippen LogP contribution >= 0.6 is 0 Å². The molecule has 0 spiro atoms. The van der Waals surface area contributed by atoms with E-state index in [1.54, 1.807) is 18.2 Å². The van der Waals surface area contributed by atoms with E-state index >= 15 is 0 Å². The summed E-state index contributed by atoms with van der Waals surface area (Å²) in [6.45, 7) is 5.12. The number of aromatic nitrogens is 2. The predicted molar refractivity (Wildman–Crippen MR) is 95.1 cm³/mol. The van der Waals surface area contributed by atoms with Gasteiger partial charge in [0.2, 0.25) is 0 Å². The van der Waals surface area contributed by atoms with Crippen LogP contribution in [0.4, 0.5) is 0 Å². The fraction of sp³-hybridized carbons (Fsp3) is 0.278. The number of nitrogens with one attached hydrogen (secondary N) is 2. The van der Waals surface area contributed by atoms with Gasteiger partial charge in [0.1, 0.15) is 23.9 Å². The molecule has 1 aliphatic heterocycles. The molecule has 0 amide bonds. The lowest BCUT2D eigenvalue weighted by Gasteiger charge is -2.11. The number of carboxylic acids is 1. The standard InChI is InChI=1S/C18H20N4O3/c1-11(2)20-14(5-6-19)15-10-22-7-8-25-16-4-3-12(18(23)24)9-13(16)17(22)21-15/h3-6,9-11,19-20H,7-8H2,1-2H3,(H,23,24)/b14-5-,19-6?. The summed E-state index contributed by atoms with van der Waals surface area (Å²) in [6, 6.07) is 4.98. The number of hydrogen-bond donors (Lipinski definition) is 3. The average Bonchev–Trinajstić information content (AvgIpc) is 2.91. The van der Waals surface area contributed by atoms with Gasteiger partial charge in [-0.15, -0.1) is 0 Å². The summed E-state index contributed by atoms with van der Waals surface area (Å²) in [5.74, 6) is 0.290. The Morgan fingerprint density at radius 1 is 1.48 bits per heavy atom. The first kappa shape index (κ1) is 16.8. The largest absolute Gasteiger partial charge is 0.491 e. The highest BCUT2D eigenvalue weighted by Gasteiger charge is 2.21. The van der Waals surface area contributed by atoms with E-state index in [0.717, 1.165) is 5.70 Å². The third kappa shape index (κ3) is 3.40. The van der Waals surface area contributed by atoms with Gasteiger partial charge in [-0.2, -0.15) is 0 Å². The Hall–Kier alpha value is -3.09. The lowest BCUT2D eigenvalue weighted by molar-refractivity contribution is 0.0697. The molecule has 1 aromatic carbocycles. The van der Waals surface area contributed by atoms with E-state index in [1.165, 1.54) is 12.3 Å². The Morgan fingerprint density at radius 2 is 2.28 bits per heavy atom. The van der Waals surface area contributed by atoms with Crippen LogP contribution in [-0.4, -0.2) is 39.5 Å². The van der Waals surface area contributed by atoms with E-state index < -0.39 is 5.97 Å². The molecule has 0 saturated heterocycles. The van der Waals surface area contributed by atoms with Crippen LogP contribution < -0.4 is 10.1 Å². The lowest BCUT2D eigenvalue weighted by atomic mass is 10.1. The van der Waals surface area contributed by atoms with Crippen molar-refractivity contribution in [3.63, 3.8) is 0 Å². The van der Waals surface area contributed by atoms with E-state index in [-0.39, 0.29) is 11.6 Å². The number of rotatable bonds is 5. The molecule has 7 nitrogen and oxygen atoms in total. The van der Waals surface area contributed by atoms with Gasteiger partial charge in [-0.3, -0.25) is 0 Å². The molecule has 7 heteroatoms. The van der Waals surface area contributed by atoms with Crippen LogP contribution in [0, 0.1) is 5.41 Å². The van der Waals surface area contributed by atoms with Crippen molar-refractivity contribution in [2.24, 2.45) is 0 Å². The summed E-state index contributed by atoms with van der Waals surface area (Å²) in [4.78, 5) is 16.0. The molecular weight excluding hydrogens is 320 g/mol. The minimum atomic E-state index is -0.990. The zero-order valence-corrected chi connectivity index (χ0v) is 14.1. The van der Waals surface area contributed by atoms with E-state index in [2.05, 4.69) is 10.3 Å². The van der Waals surface area contributed by atoms with Crippen LogP contribution in [0.5, 0.6) is 5.75 Å². The molecule has 3 rings (SSSR count). The van der Waals surface area contributed by atoms with Crippen molar-refractivity contribution in [3.8, 4) is 17.1 Å². The van der Waals surface area contributed by atoms with Crippen molar-refractivity contribution in [1.82, 2.24) is 14.9 Å². The number of hydrogen-bond acceptors (Lipinski definition) is 5. The summed E-state index contributed by atoms with van der Waals surface area (Å²) < 4.78 is 7.67. The zero-order chi connectivity index (χ0) is 18.0. The zero-order valence-electron chi connectivity index (χ0n) is 14.1. The number of allylic oxidation sites excluding steroid dienone is 1. The molecule has 0 bridgehead atoms. The SMILES string of the molecule is CC(C)N/C(=C\C=N)c1cn2c(n1)-c1cc(C(=O)O)ccc1OCC2. The third-order valence-corrected chi connectivity index (χ3v) is 3.80. The highest BCUT2D eigenvalue weighted by Crippen LogP contribution is 2.33. The Morgan fingerprint density at radius 3 is 2.96 bits per heavy atom. The van der Waals surface area contributed by atoms with Crippen molar-refractivity contribution in [2.75, 3.05) is 6.61 Å². The number of nitrogens with zero attached hydrogens (tertiary/aromatic N) is 2. The van der Waals surface area contributed by atoms with E-state index in [0.29, 0.717) is 36.0 Å². The van der Waals surface area contributed by atoms with Gasteiger partial charge in [0.05, 0.1) is 23.4 Å². The van der Waals surface area contributed by atoms with Gasteiger partial charge < -0.3 is 25.1 Å². The van der Waals surface area contributed by atoms with Crippen molar-refractivity contribution in [3.05, 3.63) is 41.7 Å². The molecule has 130 valence electrons. The topological polar surface area (TPSA) is 100 Å². The van der Waals surface area contributed by atoms with Crippen LogP contribution in [-0.2, 0) is 6.54 Å². The first-order chi connectivity index (χ1) is 12.0. The van der Waals surface area contributed by atoms with Gasteiger partial charge in [-0.1, -0.05) is 0 Å². The molecule has 0 aliphatic carbocycles. The Balaban J connectivity index is 2.11. The first-order valence-corrected chi connectivity index (χ1v) is 8.05. The molecule has 0 fully saturated rings. The van der Waals surface area contributed by atoms with Crippen molar-refractivity contribution in [2.45, 2.75) is 26.4 Å². The molecule has 2 aromatic rings. The molecule has 3 N–H and O–H groups in total. The van der Waals surface area contributed by atoms with Crippen molar-refractivity contribution in [1.29, 1.82) is 5.41 Å². The van der Waals surface area contributed by atoms with Gasteiger partial charge in [0, 0.05) is 18.5 Å². The molecule has 1 aliphatic rings. The lowest BCUT2D eigenvalue weighted by Crippen LogP contribution is -2.21. The maximum absolute atomic E-state index is 11.3. The van der Waals surface area contributed by atoms with Crippen molar-refractivity contribution < 1.29 is 14.6 Å². The quantitative estimate of drug-likeness (QED) is 0.727. The predicted octanol–water partition coefficient (Wildman–Crippen LogP) is 2.63. The van der Waals surface area contributed by atoms with E-state index in [9.17, 15) is 9.90 Å². The first-order valence-electron chi connectivity index (χ1n) is 8.05. The second-order valence-corrected chi connectivity index (χ2v) is 6.05. The molecule has 2 heterocycles. The number of carbonyl (C=O) groups is 1. The minimum absolute atomic E-state index is 0.191. The summed E-state index contributed by atoms with van der Waals surface area (Å²) in [6.07, 6.45) is 4.77. The van der Waals surface area contributed by atoms with Crippen LogP contribution in [0.15, 0.2) is 30.5 Å². The molecule has 0 radical (unpaired) electrons. The second-order valence-electron chi connectivity index (χ2n) is 6.05. The maximum Gasteiger partial charge on any atom is 0.335 e. The Labute approximate surface area is 145 Å². The number of fused-ring (bicyclic) bond motifs is 3. The van der Waals surface area contributed by atoms with Gasteiger partial charge >= 0.3 is 5.97 Å². The highest BCUT2D eigenvalue weighted by molar-refractivity contribution is 5.90. The molecular formula is C18H20N4O3. The molecule has 0 atom stereocenters. The Bertz CT molecular complexity index is 852. The molecule has 0 unspecified atom stereocenters. The maximum atomic E-state index is 11.3. The summed E-state index contributed by atoms with van der Waals surface area (Å²) in [5.41, 5.74) is 2.31. The number of aromatic carboxylic acids is 1. The second kappa shape index (κ2) is 6.80. The van der Waals surface area contributed by atoms with Crippen LogP contribution in [0.1, 0.15) is 29.9 Å². The van der Waals surface area contributed by atoms with Crippen LogP contribution in [0.2, 0.25) is 0 Å². The third-order valence-electron chi connectivity index (χ3n) is 3.80. The monoisotopic (exact) mass is 340 g/mol. The summed E-state index contributed by atoms with van der Waals surface area (Å²) in [5, 5.41) is 19.9. The smallest absolute Gasteiger partial charge is 0.335 e. The highest BCUT2D eigenvalue weighted by atomic mass is 16.5. The molecule has 0 saturated carbocycles. The van der Waals surface area contributed by atoms with Gasteiger partial charge in [0.25, 0.3) is 0 Å². The average molecular weight is 340 g/mol. The molecule has 25 heavy (non-hydrogen) atoms. The van der Waals surface area contributed by atoms with Gasteiger partial charge in [-0.25, -0.2) is 9.78 Å². The Kier molecular flexibility index (Phi) is 4.56. The number of carboxylic acid groups (broad SMARTS) is 1. The fourth-order valence-electron chi connectivity index (χ4n) is 2.75. The van der Waals surface area contributed by atoms with Crippen molar-refractivity contribution >= 4 is 17.9 Å². The minimum Gasteiger partial charge on any atom is -0.491 e. The number of benzene rings is 1. The number of ether oxygens (including phenoxy) is 1. The molecule has 1 aromatic heterocycles. The summed E-state index contributed by atoms with van der Waals surface area (Å²) >= 11 is 0. The van der Waals surface area contributed by atoms with E-state index in [4.69, 9.17) is 10.1 Å². The van der Waals surface area contributed by atoms with Crippen LogP contribution in [0.25, 0.3) is 17.1 Å². The van der Waals surface area contributed by atoms with Crippen LogP contribution in [0.3, 0.4) is 0 Å². The number of imidazole rings is 1. The van der Waals surface area contributed by atoms with Gasteiger partial charge in [-0.05, 0) is 38.1 Å². The summed E-state index contributed by atoms with van der Waals surface area (Å²) in [7, 11) is 0.